The summed E-state index contributed by atoms with van der Waals surface area (Å²) in [6, 6.07) is 0. The predicted molar refractivity (Wildman–Crippen MR) is 62.2 cm³/mol. The van der Waals surface area contributed by atoms with Crippen LogP contribution in [0.3, 0.4) is 0 Å². The molecular weight excluding hydrogens is 242 g/mol. The summed E-state index contributed by atoms with van der Waals surface area (Å²) >= 11 is 0. The number of nitrogens with one attached hydrogen (secondary N) is 1. The highest BCUT2D eigenvalue weighted by Crippen LogP contribution is 2.12. The van der Waals surface area contributed by atoms with Crippen molar-refractivity contribution in [1.82, 2.24) is 4.90 Å². The zero-order valence-electron chi connectivity index (χ0n) is 10.9. The van der Waals surface area contributed by atoms with Crippen molar-refractivity contribution in [2.24, 2.45) is 10.6 Å². The summed E-state index contributed by atoms with van der Waals surface area (Å²) < 4.78 is 5.65. The largest absolute Gasteiger partial charge is 1.00 e. The molecule has 0 aromatic rings. The zero-order valence-corrected chi connectivity index (χ0v) is 11.6. The highest BCUT2D eigenvalue weighted by molar-refractivity contribution is 5.61. The van der Waals surface area contributed by atoms with Crippen molar-refractivity contribution in [3.63, 3.8) is 0 Å². The molecule has 0 saturated carbocycles. The number of halogens is 1. The Morgan fingerprint density at radius 1 is 1.53 bits per heavy atom. The lowest BCUT2D eigenvalue weighted by Crippen LogP contribution is -3.12. The van der Waals surface area contributed by atoms with E-state index in [2.05, 4.69) is 25.9 Å². The Labute approximate surface area is 109 Å². The molecule has 0 spiro atoms. The molecule has 17 heavy (non-hydrogen) atoms. The van der Waals surface area contributed by atoms with Gasteiger partial charge in [-0.3, -0.25) is 4.90 Å². The molecule has 0 aromatic heterocycles. The van der Waals surface area contributed by atoms with E-state index >= 15 is 0 Å². The molecule has 2 unspecified atom stereocenters. The molecule has 1 aliphatic heterocycles. The maximum absolute atomic E-state index is 8.58. The lowest BCUT2D eigenvalue weighted by atomic mass is 9.99. The number of ether oxygens (including phenoxy) is 1. The monoisotopic (exact) mass is 263 g/mol. The fourth-order valence-corrected chi connectivity index (χ4v) is 1.54. The summed E-state index contributed by atoms with van der Waals surface area (Å²) in [7, 11) is 1.94. The molecule has 0 saturated heterocycles. The van der Waals surface area contributed by atoms with Crippen LogP contribution in [0.1, 0.15) is 20.8 Å². The van der Waals surface area contributed by atoms with Gasteiger partial charge in [-0.25, -0.2) is 0 Å². The van der Waals surface area contributed by atoms with Gasteiger partial charge in [0.15, 0.2) is 6.73 Å². The van der Waals surface area contributed by atoms with Crippen LogP contribution in [0, 0.1) is 5.41 Å². The maximum atomic E-state index is 8.58. The van der Waals surface area contributed by atoms with Crippen LogP contribution in [0.2, 0.25) is 0 Å². The minimum Gasteiger partial charge on any atom is -1.00 e. The van der Waals surface area contributed by atoms with Gasteiger partial charge in [-0.05, 0) is 5.41 Å². The van der Waals surface area contributed by atoms with E-state index in [4.69, 9.17) is 9.94 Å². The molecule has 5 nitrogen and oxygen atoms in total. The fraction of sp³-hybridized carbons (Fsp3) is 0.727. The standard InChI is InChI=1S/C11H21N3O2.ClH/c1-11(2,3)8-16-9-14-6-5-13(4)10(14)7-12-15;/h5-7,10,15H,8-9H2,1-4H3;1H/b12-7-;. The first-order valence-corrected chi connectivity index (χ1v) is 5.45. The van der Waals surface area contributed by atoms with Gasteiger partial charge >= 0.3 is 0 Å². The Kier molecular flexibility index (Phi) is 6.52. The molecule has 1 aliphatic rings. The minimum absolute atomic E-state index is 0. The Balaban J connectivity index is 0.00000256. The van der Waals surface area contributed by atoms with Gasteiger partial charge < -0.3 is 27.3 Å². The summed E-state index contributed by atoms with van der Waals surface area (Å²) in [5, 5.41) is 11.7. The van der Waals surface area contributed by atoms with Gasteiger partial charge in [-0.2, -0.15) is 0 Å². The lowest BCUT2D eigenvalue weighted by Gasteiger charge is -2.23. The first kappa shape index (κ1) is 16.2. The summed E-state index contributed by atoms with van der Waals surface area (Å²) in [6.07, 6.45) is 5.50. The first-order chi connectivity index (χ1) is 7.44. The van der Waals surface area contributed by atoms with Gasteiger partial charge in [-0.15, -0.1) is 0 Å². The van der Waals surface area contributed by atoms with Crippen molar-refractivity contribution in [3.8, 4) is 0 Å². The maximum Gasteiger partial charge on any atom is 0.209 e. The SMILES string of the molecule is CN1C=C[NH+](COCC(C)(C)C)C1/C=N\O.[Cl-]. The average molecular weight is 264 g/mol. The quantitative estimate of drug-likeness (QED) is 0.325. The predicted octanol–water partition coefficient (Wildman–Crippen LogP) is -2.90. The Hall–Kier alpha value is -0.780. The van der Waals surface area contributed by atoms with Crippen LogP contribution in [0.4, 0.5) is 0 Å². The molecular formula is C11H22ClN3O2. The second-order valence-electron chi connectivity index (χ2n) is 5.32. The van der Waals surface area contributed by atoms with E-state index in [0.29, 0.717) is 6.73 Å². The first-order valence-electron chi connectivity index (χ1n) is 5.45. The normalized spacial score (nSPS) is 24.4. The van der Waals surface area contributed by atoms with E-state index in [-0.39, 0.29) is 24.0 Å². The average Bonchev–Trinajstić information content (AvgIpc) is 2.48. The third kappa shape index (κ3) is 5.39. The second-order valence-corrected chi connectivity index (χ2v) is 5.32. The van der Waals surface area contributed by atoms with Crippen LogP contribution >= 0.6 is 0 Å². The number of nitrogens with zero attached hydrogens (tertiary/aromatic N) is 2. The van der Waals surface area contributed by atoms with Crippen molar-refractivity contribution in [3.05, 3.63) is 12.4 Å². The third-order valence-corrected chi connectivity index (χ3v) is 2.35. The molecule has 100 valence electrons. The summed E-state index contributed by atoms with van der Waals surface area (Å²) in [6.45, 7) is 7.72. The van der Waals surface area contributed by atoms with Crippen molar-refractivity contribution in [2.75, 3.05) is 20.4 Å². The number of hydrogen-bond donors (Lipinski definition) is 2. The van der Waals surface area contributed by atoms with Gasteiger partial charge in [0.1, 0.15) is 12.4 Å². The van der Waals surface area contributed by atoms with Crippen LogP contribution < -0.4 is 17.3 Å². The smallest absolute Gasteiger partial charge is 0.209 e. The summed E-state index contributed by atoms with van der Waals surface area (Å²) in [5.41, 5.74) is 0.176. The van der Waals surface area contributed by atoms with Gasteiger partial charge in [0.05, 0.1) is 12.8 Å². The minimum atomic E-state index is 0. The lowest BCUT2D eigenvalue weighted by molar-refractivity contribution is -0.886. The molecule has 6 heteroatoms. The third-order valence-electron chi connectivity index (χ3n) is 2.35. The number of quaternary nitrogens is 1. The van der Waals surface area contributed by atoms with Crippen LogP contribution in [-0.4, -0.2) is 42.9 Å². The highest BCUT2D eigenvalue weighted by Gasteiger charge is 2.27. The second kappa shape index (κ2) is 6.83. The van der Waals surface area contributed by atoms with E-state index in [0.717, 1.165) is 11.5 Å². The fourth-order valence-electron chi connectivity index (χ4n) is 1.54. The van der Waals surface area contributed by atoms with Crippen molar-refractivity contribution in [2.45, 2.75) is 26.9 Å². The number of rotatable bonds is 4. The summed E-state index contributed by atoms with van der Waals surface area (Å²) in [5.74, 6) is 0. The van der Waals surface area contributed by atoms with Gasteiger partial charge in [0, 0.05) is 7.05 Å². The molecule has 0 aromatic carbocycles. The Morgan fingerprint density at radius 3 is 2.71 bits per heavy atom. The molecule has 1 rings (SSSR count). The van der Waals surface area contributed by atoms with Crippen LogP contribution in [0.25, 0.3) is 0 Å². The zero-order chi connectivity index (χ0) is 12.2. The van der Waals surface area contributed by atoms with E-state index < -0.39 is 0 Å². The van der Waals surface area contributed by atoms with Crippen molar-refractivity contribution in [1.29, 1.82) is 0 Å². The Morgan fingerprint density at radius 2 is 2.18 bits per heavy atom. The molecule has 0 aliphatic carbocycles. The van der Waals surface area contributed by atoms with E-state index in [1.165, 1.54) is 6.21 Å². The molecule has 0 radical (unpaired) electrons. The van der Waals surface area contributed by atoms with Crippen LogP contribution in [-0.2, 0) is 4.74 Å². The molecule has 1 heterocycles. The van der Waals surface area contributed by atoms with Crippen molar-refractivity contribution >= 4 is 6.21 Å². The Bertz CT molecular complexity index is 276. The van der Waals surface area contributed by atoms with E-state index in [1.807, 2.05) is 24.3 Å². The van der Waals surface area contributed by atoms with Gasteiger partial charge in [-0.1, -0.05) is 25.9 Å². The molecule has 2 N–H and O–H groups in total. The number of hydrogen-bond acceptors (Lipinski definition) is 4. The number of oxime groups is 1. The molecule has 0 amide bonds. The molecule has 2 atom stereocenters. The highest BCUT2D eigenvalue weighted by atomic mass is 35.5. The van der Waals surface area contributed by atoms with Crippen molar-refractivity contribution < 1.29 is 27.3 Å². The van der Waals surface area contributed by atoms with Crippen LogP contribution in [0.15, 0.2) is 17.6 Å². The summed E-state index contributed by atoms with van der Waals surface area (Å²) in [4.78, 5) is 3.10. The van der Waals surface area contributed by atoms with E-state index in [9.17, 15) is 0 Å². The van der Waals surface area contributed by atoms with E-state index in [1.54, 1.807) is 0 Å². The van der Waals surface area contributed by atoms with Gasteiger partial charge in [0.2, 0.25) is 6.17 Å². The molecule has 0 bridgehead atoms. The molecule has 0 fully saturated rings. The van der Waals surface area contributed by atoms with Gasteiger partial charge in [0.25, 0.3) is 0 Å². The topological polar surface area (TPSA) is 49.5 Å². The van der Waals surface area contributed by atoms with Crippen LogP contribution in [0.5, 0.6) is 0 Å².